The Kier molecular flexibility index (Phi) is 6.75. The highest BCUT2D eigenvalue weighted by molar-refractivity contribution is 6.31. The SMILES string of the molecule is CCN1C(=O)CN([C@@H](C)c2cc(F)cc(Cl)c2COc2cccc3c(-n4cc(F)cn4)cc(C)nc23)C1=O. The average molecular weight is 540 g/mol. The Balaban J connectivity index is 1.50. The minimum absolute atomic E-state index is 0.0489. The minimum atomic E-state index is -0.635. The summed E-state index contributed by atoms with van der Waals surface area (Å²) in [7, 11) is 0. The third-order valence-corrected chi connectivity index (χ3v) is 6.93. The number of nitrogens with zero attached hydrogens (tertiary/aromatic N) is 5. The molecule has 0 saturated carbocycles. The summed E-state index contributed by atoms with van der Waals surface area (Å²) in [6.07, 6.45) is 2.40. The van der Waals surface area contributed by atoms with Gasteiger partial charge in [0.1, 0.15) is 30.2 Å². The van der Waals surface area contributed by atoms with Crippen LogP contribution in [0.15, 0.2) is 48.8 Å². The van der Waals surface area contributed by atoms with Crippen LogP contribution in [-0.2, 0) is 11.4 Å². The zero-order valence-corrected chi connectivity index (χ0v) is 21.7. The Morgan fingerprint density at radius 3 is 2.63 bits per heavy atom. The summed E-state index contributed by atoms with van der Waals surface area (Å²) in [6, 6.07) is 8.56. The van der Waals surface area contributed by atoms with Crippen LogP contribution in [0, 0.1) is 18.6 Å². The normalized spacial score (nSPS) is 14.6. The number of pyridine rings is 1. The van der Waals surface area contributed by atoms with Crippen molar-refractivity contribution in [3.63, 3.8) is 0 Å². The van der Waals surface area contributed by atoms with Gasteiger partial charge in [0.2, 0.25) is 5.91 Å². The molecule has 0 spiro atoms. The molecule has 0 bridgehead atoms. The van der Waals surface area contributed by atoms with E-state index in [1.54, 1.807) is 32.0 Å². The van der Waals surface area contributed by atoms with Crippen molar-refractivity contribution in [3.8, 4) is 11.4 Å². The van der Waals surface area contributed by atoms with Crippen LogP contribution in [0.5, 0.6) is 5.75 Å². The van der Waals surface area contributed by atoms with Gasteiger partial charge in [-0.05, 0) is 50.6 Å². The summed E-state index contributed by atoms with van der Waals surface area (Å²) in [5, 5.41) is 4.90. The molecule has 3 heterocycles. The number of halogens is 3. The van der Waals surface area contributed by atoms with E-state index in [0.717, 1.165) is 11.1 Å². The lowest BCUT2D eigenvalue weighted by Crippen LogP contribution is -2.34. The van der Waals surface area contributed by atoms with Crippen LogP contribution in [0.1, 0.15) is 36.7 Å². The highest BCUT2D eigenvalue weighted by atomic mass is 35.5. The molecular weight excluding hydrogens is 516 g/mol. The smallest absolute Gasteiger partial charge is 0.327 e. The molecule has 11 heteroatoms. The number of likely N-dealkylation sites (N-methyl/N-ethyl adjacent to an activating group) is 1. The number of carbonyl (C=O) groups excluding carboxylic acids is 2. The van der Waals surface area contributed by atoms with E-state index in [1.165, 1.54) is 27.9 Å². The van der Waals surface area contributed by atoms with E-state index < -0.39 is 23.7 Å². The summed E-state index contributed by atoms with van der Waals surface area (Å²) in [5.74, 6) is -0.907. The van der Waals surface area contributed by atoms with Gasteiger partial charge in [-0.2, -0.15) is 5.10 Å². The van der Waals surface area contributed by atoms with E-state index in [2.05, 4.69) is 10.1 Å². The number of fused-ring (bicyclic) bond motifs is 1. The minimum Gasteiger partial charge on any atom is -0.487 e. The van der Waals surface area contributed by atoms with E-state index >= 15 is 0 Å². The molecule has 2 aromatic heterocycles. The van der Waals surface area contributed by atoms with Crippen molar-refractivity contribution in [1.82, 2.24) is 24.6 Å². The number of benzene rings is 2. The lowest BCUT2D eigenvalue weighted by atomic mass is 10.0. The fraction of sp³-hybridized carbons (Fsp3) is 0.259. The summed E-state index contributed by atoms with van der Waals surface area (Å²) in [6.45, 7) is 5.34. The van der Waals surface area contributed by atoms with Gasteiger partial charge in [0, 0.05) is 23.2 Å². The summed E-state index contributed by atoms with van der Waals surface area (Å²) < 4.78 is 35.7. The number of urea groups is 1. The molecule has 0 aliphatic carbocycles. The van der Waals surface area contributed by atoms with Gasteiger partial charge in [0.15, 0.2) is 5.82 Å². The number of aromatic nitrogens is 3. The fourth-order valence-corrected chi connectivity index (χ4v) is 4.98. The first kappa shape index (κ1) is 25.6. The second-order valence-corrected chi connectivity index (χ2v) is 9.41. The van der Waals surface area contributed by atoms with Crippen LogP contribution in [0.3, 0.4) is 0 Å². The molecule has 1 fully saturated rings. The molecule has 38 heavy (non-hydrogen) atoms. The summed E-state index contributed by atoms with van der Waals surface area (Å²) >= 11 is 6.46. The van der Waals surface area contributed by atoms with Crippen LogP contribution >= 0.6 is 11.6 Å². The standard InChI is InChI=1S/C27H24ClF2N5O3/c1-4-33-25(36)13-34(27(33)37)16(3)20-9-17(29)10-22(28)21(20)14-38-24-7-5-6-19-23(8-15(2)32-26(19)24)35-12-18(30)11-31-35/h5-12,16H,4,13-14H2,1-3H3/t16-/m0/s1. The molecule has 5 rings (SSSR count). The van der Waals surface area contributed by atoms with Crippen LogP contribution in [0.25, 0.3) is 16.6 Å². The zero-order chi connectivity index (χ0) is 27.1. The fourth-order valence-electron chi connectivity index (χ4n) is 4.71. The lowest BCUT2D eigenvalue weighted by molar-refractivity contribution is -0.125. The highest BCUT2D eigenvalue weighted by Crippen LogP contribution is 2.35. The number of carbonyl (C=O) groups is 2. The molecule has 4 aromatic rings. The van der Waals surface area contributed by atoms with E-state index in [0.29, 0.717) is 39.2 Å². The molecule has 0 N–H and O–H groups in total. The Morgan fingerprint density at radius 2 is 1.95 bits per heavy atom. The maximum Gasteiger partial charge on any atom is 0.327 e. The van der Waals surface area contributed by atoms with Crippen molar-refractivity contribution >= 4 is 34.4 Å². The lowest BCUT2D eigenvalue weighted by Gasteiger charge is -2.26. The second-order valence-electron chi connectivity index (χ2n) is 9.01. The monoisotopic (exact) mass is 539 g/mol. The number of aryl methyl sites for hydroxylation is 1. The number of rotatable bonds is 7. The first-order valence-electron chi connectivity index (χ1n) is 12.0. The van der Waals surface area contributed by atoms with Gasteiger partial charge >= 0.3 is 6.03 Å². The molecule has 1 aliphatic heterocycles. The number of amides is 3. The molecule has 8 nitrogen and oxygen atoms in total. The van der Waals surface area contributed by atoms with Crippen LogP contribution in [0.4, 0.5) is 13.6 Å². The van der Waals surface area contributed by atoms with Crippen molar-refractivity contribution < 1.29 is 23.1 Å². The van der Waals surface area contributed by atoms with Crippen molar-refractivity contribution in [3.05, 3.63) is 82.3 Å². The van der Waals surface area contributed by atoms with Gasteiger partial charge in [-0.1, -0.05) is 23.7 Å². The molecule has 2 aromatic carbocycles. The number of hydrogen-bond acceptors (Lipinski definition) is 5. The first-order valence-corrected chi connectivity index (χ1v) is 12.4. The largest absolute Gasteiger partial charge is 0.487 e. The maximum atomic E-state index is 14.4. The zero-order valence-electron chi connectivity index (χ0n) is 20.9. The van der Waals surface area contributed by atoms with Crippen molar-refractivity contribution in [2.45, 2.75) is 33.4 Å². The second kappa shape index (κ2) is 10.0. The van der Waals surface area contributed by atoms with Gasteiger partial charge in [-0.3, -0.25) is 9.69 Å². The van der Waals surface area contributed by atoms with E-state index in [-0.39, 0.29) is 30.6 Å². The molecule has 1 atom stereocenters. The van der Waals surface area contributed by atoms with Crippen molar-refractivity contribution in [2.75, 3.05) is 13.1 Å². The van der Waals surface area contributed by atoms with Gasteiger partial charge in [0.25, 0.3) is 0 Å². The summed E-state index contributed by atoms with van der Waals surface area (Å²) in [4.78, 5) is 32.2. The molecule has 0 radical (unpaired) electrons. The molecule has 196 valence electrons. The topological polar surface area (TPSA) is 80.6 Å². The third-order valence-electron chi connectivity index (χ3n) is 6.59. The van der Waals surface area contributed by atoms with Crippen LogP contribution in [0.2, 0.25) is 5.02 Å². The van der Waals surface area contributed by atoms with E-state index in [4.69, 9.17) is 16.3 Å². The average Bonchev–Trinajstić information content (AvgIpc) is 3.43. The Labute approximate surface area is 222 Å². The van der Waals surface area contributed by atoms with Gasteiger partial charge in [-0.15, -0.1) is 0 Å². The molecule has 1 aliphatic rings. The molecule has 3 amide bonds. The Hall–Kier alpha value is -4.05. The first-order chi connectivity index (χ1) is 18.2. The predicted octanol–water partition coefficient (Wildman–Crippen LogP) is 5.58. The maximum absolute atomic E-state index is 14.4. The van der Waals surface area contributed by atoms with Gasteiger partial charge in [0.05, 0.1) is 29.1 Å². The number of ether oxygens (including phenoxy) is 1. The molecule has 0 unspecified atom stereocenters. The molecule has 1 saturated heterocycles. The van der Waals surface area contributed by atoms with Crippen molar-refractivity contribution in [2.24, 2.45) is 0 Å². The quantitative estimate of drug-likeness (QED) is 0.286. The van der Waals surface area contributed by atoms with Gasteiger partial charge < -0.3 is 9.64 Å². The third kappa shape index (κ3) is 4.56. The predicted molar refractivity (Wildman–Crippen MR) is 137 cm³/mol. The Bertz CT molecular complexity index is 1570. The van der Waals surface area contributed by atoms with Gasteiger partial charge in [-0.25, -0.2) is 23.2 Å². The highest BCUT2D eigenvalue weighted by Gasteiger charge is 2.38. The number of imide groups is 1. The number of para-hydroxylation sites is 1. The Morgan fingerprint density at radius 1 is 1.16 bits per heavy atom. The van der Waals surface area contributed by atoms with Crippen LogP contribution < -0.4 is 4.74 Å². The molecular formula is C27H24ClF2N5O3. The van der Waals surface area contributed by atoms with E-state index in [9.17, 15) is 18.4 Å². The summed E-state index contributed by atoms with van der Waals surface area (Å²) in [5.41, 5.74) is 2.76. The van der Waals surface area contributed by atoms with E-state index in [1.807, 2.05) is 13.0 Å². The van der Waals surface area contributed by atoms with Crippen molar-refractivity contribution in [1.29, 1.82) is 0 Å². The number of hydrogen-bond donors (Lipinski definition) is 0. The van der Waals surface area contributed by atoms with Crippen LogP contribution in [-0.4, -0.2) is 49.6 Å².